The van der Waals surface area contributed by atoms with E-state index >= 15 is 0 Å². The number of hydrogen-bond donors (Lipinski definition) is 5. The van der Waals surface area contributed by atoms with Gasteiger partial charge in [0.1, 0.15) is 18.1 Å². The number of hydrogen-bond acceptors (Lipinski definition) is 6. The maximum absolute atomic E-state index is 13.5. The average Bonchev–Trinajstić information content (AvgIpc) is 3.57. The molecule has 0 bridgehead atoms. The predicted molar refractivity (Wildman–Crippen MR) is 149 cm³/mol. The summed E-state index contributed by atoms with van der Waals surface area (Å²) in [4.78, 5) is 56.2. The number of carbonyl (C=O) groups is 4. The van der Waals surface area contributed by atoms with Crippen molar-refractivity contribution in [3.05, 3.63) is 36.0 Å². The molecular formula is C27H39N5O5S. The molecule has 6 N–H and O–H groups in total. The normalized spacial score (nSPS) is 18.5. The summed E-state index contributed by atoms with van der Waals surface area (Å²) in [5, 5.41) is 16.2. The van der Waals surface area contributed by atoms with Gasteiger partial charge in [0.25, 0.3) is 0 Å². The van der Waals surface area contributed by atoms with Gasteiger partial charge in [0.2, 0.25) is 17.7 Å². The molecule has 1 aromatic carbocycles. The number of thioether (sulfide) groups is 1. The zero-order valence-corrected chi connectivity index (χ0v) is 23.1. The molecule has 0 saturated carbocycles. The van der Waals surface area contributed by atoms with Crippen molar-refractivity contribution in [2.45, 2.75) is 70.1 Å². The van der Waals surface area contributed by atoms with Gasteiger partial charge in [0, 0.05) is 30.1 Å². The minimum atomic E-state index is -1.15. The fourth-order valence-corrected chi connectivity index (χ4v) is 5.24. The van der Waals surface area contributed by atoms with Crippen LogP contribution in [0.1, 0.15) is 45.1 Å². The van der Waals surface area contributed by atoms with Crippen molar-refractivity contribution < 1.29 is 24.3 Å². The first kappa shape index (κ1) is 29.5. The van der Waals surface area contributed by atoms with Crippen molar-refractivity contribution in [3.8, 4) is 0 Å². The van der Waals surface area contributed by atoms with E-state index in [2.05, 4.69) is 15.6 Å². The van der Waals surface area contributed by atoms with E-state index in [4.69, 9.17) is 5.73 Å². The Morgan fingerprint density at radius 2 is 1.95 bits per heavy atom. The van der Waals surface area contributed by atoms with E-state index in [9.17, 15) is 24.3 Å². The van der Waals surface area contributed by atoms with E-state index in [1.807, 2.05) is 44.4 Å². The Bertz CT molecular complexity index is 1140. The van der Waals surface area contributed by atoms with E-state index in [1.54, 1.807) is 18.0 Å². The second-order valence-electron chi connectivity index (χ2n) is 9.91. The third kappa shape index (κ3) is 7.08. The van der Waals surface area contributed by atoms with Crippen LogP contribution in [0.5, 0.6) is 0 Å². The number of rotatable bonds is 13. The maximum Gasteiger partial charge on any atom is 0.326 e. The lowest BCUT2D eigenvalue weighted by Crippen LogP contribution is -2.57. The van der Waals surface area contributed by atoms with Gasteiger partial charge in [-0.1, -0.05) is 38.5 Å². The standard InChI is InChI=1S/C27H39N5O5S/c1-4-16(2)23(28)25(34)30-20(11-13-38-3)26(35)32-12-7-10-22(32)24(33)31-21(27(36)37)14-17-15-29-19-9-6-5-8-18(17)19/h5-6,8-9,15-16,20-23,29H,4,7,10-14,28H2,1-3H3,(H,30,34)(H,31,33)(H,36,37). The molecule has 208 valence electrons. The lowest BCUT2D eigenvalue weighted by molar-refractivity contribution is -0.145. The summed E-state index contributed by atoms with van der Waals surface area (Å²) in [6, 6.07) is 4.06. The van der Waals surface area contributed by atoms with Gasteiger partial charge < -0.3 is 31.4 Å². The van der Waals surface area contributed by atoms with E-state index < -0.39 is 36.0 Å². The van der Waals surface area contributed by atoms with Crippen molar-refractivity contribution in [1.82, 2.24) is 20.5 Å². The molecule has 3 amide bonds. The van der Waals surface area contributed by atoms with Crippen molar-refractivity contribution in [3.63, 3.8) is 0 Å². The van der Waals surface area contributed by atoms with Crippen LogP contribution in [0.25, 0.3) is 10.9 Å². The molecule has 1 aliphatic rings. The lowest BCUT2D eigenvalue weighted by atomic mass is 9.99. The number of nitrogens with zero attached hydrogens (tertiary/aromatic N) is 1. The van der Waals surface area contributed by atoms with Crippen LogP contribution < -0.4 is 16.4 Å². The van der Waals surface area contributed by atoms with Gasteiger partial charge >= 0.3 is 5.97 Å². The molecule has 1 saturated heterocycles. The first-order chi connectivity index (χ1) is 18.2. The molecule has 10 nitrogen and oxygen atoms in total. The number of likely N-dealkylation sites (tertiary alicyclic amines) is 1. The number of H-pyrrole nitrogens is 1. The molecule has 0 radical (unpaired) electrons. The second kappa shape index (κ2) is 13.7. The number of nitrogens with one attached hydrogen (secondary N) is 3. The molecule has 1 aliphatic heterocycles. The lowest BCUT2D eigenvalue weighted by Gasteiger charge is -2.30. The molecule has 2 heterocycles. The summed E-state index contributed by atoms with van der Waals surface area (Å²) in [6.45, 7) is 4.20. The van der Waals surface area contributed by atoms with Crippen LogP contribution in [0.4, 0.5) is 0 Å². The minimum Gasteiger partial charge on any atom is -0.480 e. The van der Waals surface area contributed by atoms with Crippen LogP contribution in [0.15, 0.2) is 30.5 Å². The van der Waals surface area contributed by atoms with Gasteiger partial charge in [-0.15, -0.1) is 0 Å². The third-order valence-electron chi connectivity index (χ3n) is 7.34. The number of fused-ring (bicyclic) bond motifs is 1. The molecule has 3 rings (SSSR count). The highest BCUT2D eigenvalue weighted by Crippen LogP contribution is 2.22. The quantitative estimate of drug-likeness (QED) is 0.257. The number of carbonyl (C=O) groups excluding carboxylic acids is 3. The fraction of sp³-hybridized carbons (Fsp3) is 0.556. The minimum absolute atomic E-state index is 0.0401. The summed E-state index contributed by atoms with van der Waals surface area (Å²) in [6.07, 6.45) is 5.94. The summed E-state index contributed by atoms with van der Waals surface area (Å²) in [7, 11) is 0. The Morgan fingerprint density at radius 3 is 2.63 bits per heavy atom. The van der Waals surface area contributed by atoms with Crippen LogP contribution in [0.2, 0.25) is 0 Å². The molecule has 0 spiro atoms. The number of carboxylic acid groups (broad SMARTS) is 1. The molecule has 0 aliphatic carbocycles. The Morgan fingerprint density at radius 1 is 1.21 bits per heavy atom. The Labute approximate surface area is 227 Å². The molecule has 5 atom stereocenters. The van der Waals surface area contributed by atoms with E-state index in [0.29, 0.717) is 31.6 Å². The first-order valence-electron chi connectivity index (χ1n) is 13.1. The molecule has 2 aromatic rings. The molecule has 5 unspecified atom stereocenters. The number of aromatic amines is 1. The van der Waals surface area contributed by atoms with Crippen LogP contribution in [-0.2, 0) is 25.6 Å². The predicted octanol–water partition coefficient (Wildman–Crippen LogP) is 1.88. The second-order valence-corrected chi connectivity index (χ2v) is 10.9. The fourth-order valence-electron chi connectivity index (χ4n) is 4.77. The third-order valence-corrected chi connectivity index (χ3v) is 7.98. The number of aromatic nitrogens is 1. The van der Waals surface area contributed by atoms with Gasteiger partial charge in [0.05, 0.1) is 6.04 Å². The first-order valence-corrected chi connectivity index (χ1v) is 14.5. The van der Waals surface area contributed by atoms with Crippen molar-refractivity contribution in [2.24, 2.45) is 11.7 Å². The maximum atomic E-state index is 13.5. The molecule has 38 heavy (non-hydrogen) atoms. The monoisotopic (exact) mass is 545 g/mol. The number of amides is 3. The number of carboxylic acids is 1. The topological polar surface area (TPSA) is 158 Å². The van der Waals surface area contributed by atoms with Crippen molar-refractivity contribution in [2.75, 3.05) is 18.6 Å². The Kier molecular flexibility index (Phi) is 10.6. The SMILES string of the molecule is CCC(C)C(N)C(=O)NC(CCSC)C(=O)N1CCCC1C(=O)NC(Cc1c[nH]c2ccccc12)C(=O)O. The van der Waals surface area contributed by atoms with Crippen molar-refractivity contribution >= 4 is 46.4 Å². The van der Waals surface area contributed by atoms with Crippen LogP contribution in [0, 0.1) is 5.92 Å². The largest absolute Gasteiger partial charge is 0.480 e. The van der Waals surface area contributed by atoms with Gasteiger partial charge in [-0.25, -0.2) is 4.79 Å². The van der Waals surface area contributed by atoms with E-state index in [1.165, 1.54) is 4.90 Å². The van der Waals surface area contributed by atoms with Gasteiger partial charge in [0.15, 0.2) is 0 Å². The number of aliphatic carboxylic acids is 1. The van der Waals surface area contributed by atoms with Gasteiger partial charge in [-0.05, 0) is 48.8 Å². The number of benzene rings is 1. The highest BCUT2D eigenvalue weighted by atomic mass is 32.2. The van der Waals surface area contributed by atoms with Crippen LogP contribution in [-0.4, -0.2) is 81.4 Å². The number of para-hydroxylation sites is 1. The number of nitrogens with two attached hydrogens (primary N) is 1. The highest BCUT2D eigenvalue weighted by molar-refractivity contribution is 7.98. The average molecular weight is 546 g/mol. The van der Waals surface area contributed by atoms with Gasteiger partial charge in [-0.3, -0.25) is 14.4 Å². The Hall–Kier alpha value is -3.05. The summed E-state index contributed by atoms with van der Waals surface area (Å²) < 4.78 is 0. The summed E-state index contributed by atoms with van der Waals surface area (Å²) in [5.74, 6) is -1.78. The molecular weight excluding hydrogens is 506 g/mol. The van der Waals surface area contributed by atoms with E-state index in [0.717, 1.165) is 22.9 Å². The zero-order valence-electron chi connectivity index (χ0n) is 22.2. The van der Waals surface area contributed by atoms with Crippen LogP contribution in [0.3, 0.4) is 0 Å². The molecule has 1 fully saturated rings. The smallest absolute Gasteiger partial charge is 0.326 e. The van der Waals surface area contributed by atoms with E-state index in [-0.39, 0.29) is 24.2 Å². The molecule has 11 heteroatoms. The zero-order chi connectivity index (χ0) is 27.8. The van der Waals surface area contributed by atoms with Gasteiger partial charge in [-0.2, -0.15) is 11.8 Å². The summed E-state index contributed by atoms with van der Waals surface area (Å²) >= 11 is 1.56. The molecule has 1 aromatic heterocycles. The summed E-state index contributed by atoms with van der Waals surface area (Å²) in [5.41, 5.74) is 7.76. The highest BCUT2D eigenvalue weighted by Gasteiger charge is 2.39. The van der Waals surface area contributed by atoms with Crippen LogP contribution >= 0.6 is 11.8 Å². The Balaban J connectivity index is 1.71. The van der Waals surface area contributed by atoms with Crippen molar-refractivity contribution in [1.29, 1.82) is 0 Å².